The van der Waals surface area contributed by atoms with Crippen molar-refractivity contribution in [2.45, 2.75) is 56.5 Å². The van der Waals surface area contributed by atoms with Gasteiger partial charge in [-0.1, -0.05) is 18.6 Å². The first-order valence-electron chi connectivity index (χ1n) is 9.23. The van der Waals surface area contributed by atoms with Crippen molar-refractivity contribution < 1.29 is 8.42 Å². The predicted octanol–water partition coefficient (Wildman–Crippen LogP) is 2.08. The van der Waals surface area contributed by atoms with Gasteiger partial charge in [0.1, 0.15) is 0 Å². The number of rotatable bonds is 6. The Kier molecular flexibility index (Phi) is 5.96. The molecule has 0 atom stereocenters. The van der Waals surface area contributed by atoms with E-state index in [-0.39, 0.29) is 0 Å². The van der Waals surface area contributed by atoms with Crippen LogP contribution in [0.15, 0.2) is 34.2 Å². The SMILES string of the molecule is CCNC(=NCc1cccc(S(=O)(=O)N2CCCCC2)c1)NC1CC1. The van der Waals surface area contributed by atoms with E-state index in [1.807, 2.05) is 19.1 Å². The van der Waals surface area contributed by atoms with Crippen LogP contribution in [0.5, 0.6) is 0 Å². The van der Waals surface area contributed by atoms with Crippen molar-refractivity contribution >= 4 is 16.0 Å². The molecule has 0 bridgehead atoms. The summed E-state index contributed by atoms with van der Waals surface area (Å²) in [5.41, 5.74) is 0.908. The van der Waals surface area contributed by atoms with Crippen LogP contribution in [0, 0.1) is 0 Å². The second-order valence-electron chi connectivity index (χ2n) is 6.73. The molecule has 0 amide bonds. The monoisotopic (exact) mass is 364 g/mol. The van der Waals surface area contributed by atoms with Crippen LogP contribution in [0.1, 0.15) is 44.6 Å². The average molecular weight is 365 g/mol. The lowest BCUT2D eigenvalue weighted by Crippen LogP contribution is -2.38. The Morgan fingerprint density at radius 1 is 1.24 bits per heavy atom. The predicted molar refractivity (Wildman–Crippen MR) is 100 cm³/mol. The van der Waals surface area contributed by atoms with Gasteiger partial charge in [0.25, 0.3) is 0 Å². The minimum atomic E-state index is -3.39. The highest BCUT2D eigenvalue weighted by atomic mass is 32.2. The van der Waals surface area contributed by atoms with E-state index in [1.165, 1.54) is 12.8 Å². The summed E-state index contributed by atoms with van der Waals surface area (Å²) in [7, 11) is -3.39. The third-order valence-electron chi connectivity index (χ3n) is 4.53. The Balaban J connectivity index is 1.71. The Labute approximate surface area is 150 Å². The number of guanidine groups is 1. The molecule has 0 spiro atoms. The Hall–Kier alpha value is -1.60. The normalized spacial score (nSPS) is 19.6. The van der Waals surface area contributed by atoms with E-state index in [0.29, 0.717) is 30.6 Å². The van der Waals surface area contributed by atoms with Crippen molar-refractivity contribution in [3.63, 3.8) is 0 Å². The molecule has 0 radical (unpaired) electrons. The highest BCUT2D eigenvalue weighted by molar-refractivity contribution is 7.89. The van der Waals surface area contributed by atoms with Crippen molar-refractivity contribution in [2.75, 3.05) is 19.6 Å². The number of nitrogens with zero attached hydrogens (tertiary/aromatic N) is 2. The second-order valence-corrected chi connectivity index (χ2v) is 8.66. The van der Waals surface area contributed by atoms with Gasteiger partial charge in [-0.3, -0.25) is 0 Å². The van der Waals surface area contributed by atoms with E-state index in [9.17, 15) is 8.42 Å². The van der Waals surface area contributed by atoms with E-state index in [4.69, 9.17) is 0 Å². The van der Waals surface area contributed by atoms with Crippen LogP contribution in [0.25, 0.3) is 0 Å². The first kappa shape index (κ1) is 18.2. The molecule has 0 unspecified atom stereocenters. The summed E-state index contributed by atoms with van der Waals surface area (Å²) in [6.45, 7) is 4.56. The lowest BCUT2D eigenvalue weighted by molar-refractivity contribution is 0.346. The van der Waals surface area contributed by atoms with Crippen LogP contribution in [0.2, 0.25) is 0 Å². The van der Waals surface area contributed by atoms with E-state index in [2.05, 4.69) is 15.6 Å². The van der Waals surface area contributed by atoms with Gasteiger partial charge >= 0.3 is 0 Å². The summed E-state index contributed by atoms with van der Waals surface area (Å²) in [6.07, 6.45) is 5.38. The molecule has 1 aromatic rings. The zero-order valence-electron chi connectivity index (χ0n) is 14.9. The number of sulfonamides is 1. The molecule has 1 saturated carbocycles. The van der Waals surface area contributed by atoms with Gasteiger partial charge in [-0.25, -0.2) is 13.4 Å². The maximum absolute atomic E-state index is 12.8. The zero-order valence-corrected chi connectivity index (χ0v) is 15.7. The summed E-state index contributed by atoms with van der Waals surface area (Å²) in [6, 6.07) is 7.71. The van der Waals surface area contributed by atoms with Crippen LogP contribution in [0.3, 0.4) is 0 Å². The summed E-state index contributed by atoms with van der Waals surface area (Å²) in [5, 5.41) is 6.60. The van der Waals surface area contributed by atoms with Gasteiger partial charge in [-0.05, 0) is 50.3 Å². The molecule has 1 aliphatic carbocycles. The van der Waals surface area contributed by atoms with Crippen LogP contribution in [0.4, 0.5) is 0 Å². The maximum Gasteiger partial charge on any atom is 0.243 e. The van der Waals surface area contributed by atoms with Crippen molar-refractivity contribution in [1.29, 1.82) is 0 Å². The molecule has 3 rings (SSSR count). The Bertz CT molecular complexity index is 708. The highest BCUT2D eigenvalue weighted by Crippen LogP contribution is 2.22. The lowest BCUT2D eigenvalue weighted by Gasteiger charge is -2.26. The number of hydrogen-bond donors (Lipinski definition) is 2. The fourth-order valence-corrected chi connectivity index (χ4v) is 4.56. The second kappa shape index (κ2) is 8.19. The van der Waals surface area contributed by atoms with Gasteiger partial charge in [-0.2, -0.15) is 4.31 Å². The van der Waals surface area contributed by atoms with Gasteiger partial charge in [0.2, 0.25) is 10.0 Å². The summed E-state index contributed by atoms with van der Waals surface area (Å²) >= 11 is 0. The molecule has 1 saturated heterocycles. The van der Waals surface area contributed by atoms with Gasteiger partial charge in [0.05, 0.1) is 11.4 Å². The molecule has 1 aliphatic heterocycles. The molecular weight excluding hydrogens is 336 g/mol. The van der Waals surface area contributed by atoms with Crippen molar-refractivity contribution in [3.8, 4) is 0 Å². The Morgan fingerprint density at radius 3 is 2.68 bits per heavy atom. The molecule has 1 aromatic carbocycles. The van der Waals surface area contributed by atoms with Gasteiger partial charge in [0.15, 0.2) is 5.96 Å². The van der Waals surface area contributed by atoms with Crippen LogP contribution in [-0.4, -0.2) is 44.4 Å². The lowest BCUT2D eigenvalue weighted by atomic mass is 10.2. The number of benzene rings is 1. The van der Waals surface area contributed by atoms with Crippen molar-refractivity contribution in [3.05, 3.63) is 29.8 Å². The standard InChI is InChI=1S/C18H28N4O2S/c1-2-19-18(21-16-9-10-16)20-14-15-7-6-8-17(13-15)25(23,24)22-11-4-3-5-12-22/h6-8,13,16H,2-5,9-12,14H2,1H3,(H2,19,20,21). The number of piperidine rings is 1. The minimum absolute atomic E-state index is 0.377. The summed E-state index contributed by atoms with van der Waals surface area (Å²) < 4.78 is 27.2. The van der Waals surface area contributed by atoms with Gasteiger partial charge in [0, 0.05) is 25.7 Å². The third kappa shape index (κ3) is 4.95. The van der Waals surface area contributed by atoms with Gasteiger partial charge < -0.3 is 10.6 Å². The molecule has 7 heteroatoms. The summed E-state index contributed by atoms with van der Waals surface area (Å²) in [4.78, 5) is 4.96. The van der Waals surface area contributed by atoms with Gasteiger partial charge in [-0.15, -0.1) is 0 Å². The van der Waals surface area contributed by atoms with Crippen molar-refractivity contribution in [1.82, 2.24) is 14.9 Å². The fourth-order valence-electron chi connectivity index (χ4n) is 2.97. The zero-order chi connectivity index (χ0) is 17.7. The molecule has 1 heterocycles. The van der Waals surface area contributed by atoms with Crippen molar-refractivity contribution in [2.24, 2.45) is 4.99 Å². The molecule has 2 fully saturated rings. The van der Waals surface area contributed by atoms with E-state index in [0.717, 1.165) is 37.3 Å². The van der Waals surface area contributed by atoms with Crippen LogP contribution < -0.4 is 10.6 Å². The molecule has 25 heavy (non-hydrogen) atoms. The van der Waals surface area contributed by atoms with E-state index in [1.54, 1.807) is 16.4 Å². The fraction of sp³-hybridized carbons (Fsp3) is 0.611. The topological polar surface area (TPSA) is 73.8 Å². The number of aliphatic imine (C=N–C) groups is 1. The first-order valence-corrected chi connectivity index (χ1v) is 10.7. The smallest absolute Gasteiger partial charge is 0.243 e. The highest BCUT2D eigenvalue weighted by Gasteiger charge is 2.26. The molecule has 138 valence electrons. The molecule has 6 nitrogen and oxygen atoms in total. The third-order valence-corrected chi connectivity index (χ3v) is 6.43. The average Bonchev–Trinajstić information content (AvgIpc) is 3.45. The minimum Gasteiger partial charge on any atom is -0.357 e. The maximum atomic E-state index is 12.8. The first-order chi connectivity index (χ1) is 12.1. The van der Waals surface area contributed by atoms with E-state index >= 15 is 0 Å². The molecule has 2 aliphatic rings. The molecule has 0 aromatic heterocycles. The largest absolute Gasteiger partial charge is 0.357 e. The molecular formula is C18H28N4O2S. The van der Waals surface area contributed by atoms with E-state index < -0.39 is 10.0 Å². The number of nitrogens with one attached hydrogen (secondary N) is 2. The van der Waals surface area contributed by atoms with Crippen LogP contribution in [-0.2, 0) is 16.6 Å². The number of hydrogen-bond acceptors (Lipinski definition) is 3. The molecule has 2 N–H and O–H groups in total. The Morgan fingerprint density at radius 2 is 2.00 bits per heavy atom. The van der Waals surface area contributed by atoms with Crippen LogP contribution >= 0.6 is 0 Å². The quantitative estimate of drug-likeness (QED) is 0.599. The summed E-state index contributed by atoms with van der Waals surface area (Å²) in [5.74, 6) is 0.800.